The molecule has 2 N–H and O–H groups in total. The van der Waals surface area contributed by atoms with E-state index in [0.29, 0.717) is 31.2 Å². The van der Waals surface area contributed by atoms with E-state index in [1.807, 2.05) is 31.2 Å². The Morgan fingerprint density at radius 1 is 1.28 bits per heavy atom. The van der Waals surface area contributed by atoms with Crippen LogP contribution in [0, 0.1) is 6.92 Å². The lowest BCUT2D eigenvalue weighted by atomic mass is 10.1. The Morgan fingerprint density at radius 2 is 2.08 bits per heavy atom. The molecule has 1 aliphatic rings. The van der Waals surface area contributed by atoms with Gasteiger partial charge < -0.3 is 15.1 Å². The lowest BCUT2D eigenvalue weighted by Gasteiger charge is -2.14. The molecule has 0 spiro atoms. The zero-order valence-electron chi connectivity index (χ0n) is 14.2. The van der Waals surface area contributed by atoms with Crippen molar-refractivity contribution in [1.29, 1.82) is 0 Å². The molecule has 2 heterocycles. The summed E-state index contributed by atoms with van der Waals surface area (Å²) in [5, 5.41) is 13.6. The standard InChI is InChI=1S/C18H22N4O3/c1-12-5-7-13(8-6-12)18-22-21-16(25-18)10-9-15(23)20-14-4-2-3-11-19-17(14)24/h5-8,14H,2-4,9-11H2,1H3,(H,19,24)(H,20,23)/t14-/m1/s1. The van der Waals surface area contributed by atoms with Gasteiger partial charge in [-0.05, 0) is 38.3 Å². The smallest absolute Gasteiger partial charge is 0.247 e. The molecule has 2 aromatic rings. The average molecular weight is 342 g/mol. The number of aromatic nitrogens is 2. The molecule has 0 aliphatic carbocycles. The van der Waals surface area contributed by atoms with Crippen LogP contribution >= 0.6 is 0 Å². The zero-order chi connectivity index (χ0) is 17.6. The average Bonchev–Trinajstić information content (AvgIpc) is 2.99. The molecule has 1 aromatic carbocycles. The summed E-state index contributed by atoms with van der Waals surface area (Å²) >= 11 is 0. The van der Waals surface area contributed by atoms with E-state index < -0.39 is 6.04 Å². The predicted molar refractivity (Wildman–Crippen MR) is 91.6 cm³/mol. The van der Waals surface area contributed by atoms with E-state index in [1.54, 1.807) is 0 Å². The van der Waals surface area contributed by atoms with Gasteiger partial charge in [-0.1, -0.05) is 17.7 Å². The van der Waals surface area contributed by atoms with E-state index >= 15 is 0 Å². The van der Waals surface area contributed by atoms with Crippen molar-refractivity contribution < 1.29 is 14.0 Å². The second-order valence-corrected chi connectivity index (χ2v) is 6.27. The quantitative estimate of drug-likeness (QED) is 0.863. The number of carbonyl (C=O) groups excluding carboxylic acids is 2. The van der Waals surface area contributed by atoms with Gasteiger partial charge in [-0.3, -0.25) is 9.59 Å². The first-order valence-electron chi connectivity index (χ1n) is 8.58. The number of aryl methyl sites for hydroxylation is 2. The monoisotopic (exact) mass is 342 g/mol. The summed E-state index contributed by atoms with van der Waals surface area (Å²) in [7, 11) is 0. The van der Waals surface area contributed by atoms with Crippen molar-refractivity contribution in [3.05, 3.63) is 35.7 Å². The first kappa shape index (κ1) is 17.1. The maximum absolute atomic E-state index is 12.1. The summed E-state index contributed by atoms with van der Waals surface area (Å²) in [5.74, 6) is 0.567. The van der Waals surface area contributed by atoms with Crippen molar-refractivity contribution in [3.8, 4) is 11.5 Å². The number of nitrogens with zero attached hydrogens (tertiary/aromatic N) is 2. The van der Waals surface area contributed by atoms with Crippen molar-refractivity contribution >= 4 is 11.8 Å². The molecule has 1 fully saturated rings. The second-order valence-electron chi connectivity index (χ2n) is 6.27. The van der Waals surface area contributed by atoms with Gasteiger partial charge in [-0.15, -0.1) is 10.2 Å². The zero-order valence-corrected chi connectivity index (χ0v) is 14.2. The second kappa shape index (κ2) is 7.92. The van der Waals surface area contributed by atoms with Crippen LogP contribution in [0.15, 0.2) is 28.7 Å². The van der Waals surface area contributed by atoms with Crippen LogP contribution in [0.1, 0.15) is 37.1 Å². The van der Waals surface area contributed by atoms with E-state index in [1.165, 1.54) is 0 Å². The summed E-state index contributed by atoms with van der Waals surface area (Å²) in [6.07, 6.45) is 3.10. The van der Waals surface area contributed by atoms with E-state index in [4.69, 9.17) is 4.42 Å². The van der Waals surface area contributed by atoms with E-state index in [-0.39, 0.29) is 18.2 Å². The van der Waals surface area contributed by atoms with Crippen LogP contribution in [0.2, 0.25) is 0 Å². The molecule has 7 nitrogen and oxygen atoms in total. The first-order chi connectivity index (χ1) is 12.1. The number of hydrogen-bond acceptors (Lipinski definition) is 5. The lowest BCUT2D eigenvalue weighted by Crippen LogP contribution is -2.45. The molecule has 2 amide bonds. The molecule has 3 rings (SSSR count). The van der Waals surface area contributed by atoms with Crippen LogP contribution in [0.25, 0.3) is 11.5 Å². The van der Waals surface area contributed by atoms with Crippen molar-refractivity contribution in [2.24, 2.45) is 0 Å². The van der Waals surface area contributed by atoms with Crippen LogP contribution < -0.4 is 10.6 Å². The number of carbonyl (C=O) groups is 2. The van der Waals surface area contributed by atoms with Crippen molar-refractivity contribution in [2.45, 2.75) is 45.1 Å². The Kier molecular flexibility index (Phi) is 5.42. The highest BCUT2D eigenvalue weighted by Gasteiger charge is 2.22. The minimum Gasteiger partial charge on any atom is -0.421 e. The van der Waals surface area contributed by atoms with Gasteiger partial charge in [0.05, 0.1) is 0 Å². The highest BCUT2D eigenvalue weighted by Crippen LogP contribution is 2.18. The Hall–Kier alpha value is -2.70. The van der Waals surface area contributed by atoms with Crippen molar-refractivity contribution in [1.82, 2.24) is 20.8 Å². The van der Waals surface area contributed by atoms with Crippen molar-refractivity contribution in [3.63, 3.8) is 0 Å². The van der Waals surface area contributed by atoms with E-state index in [0.717, 1.165) is 24.0 Å². The third kappa shape index (κ3) is 4.65. The Balaban J connectivity index is 1.52. The predicted octanol–water partition coefficient (Wildman–Crippen LogP) is 1.76. The van der Waals surface area contributed by atoms with Gasteiger partial charge in [-0.25, -0.2) is 0 Å². The van der Waals surface area contributed by atoms with E-state index in [9.17, 15) is 9.59 Å². The minimum atomic E-state index is -0.444. The van der Waals surface area contributed by atoms with Crippen LogP contribution in [-0.4, -0.2) is 34.6 Å². The summed E-state index contributed by atoms with van der Waals surface area (Å²) in [5.41, 5.74) is 2.01. The van der Waals surface area contributed by atoms with Crippen LogP contribution in [0.5, 0.6) is 0 Å². The number of rotatable bonds is 5. The van der Waals surface area contributed by atoms with Gasteiger partial charge in [0.25, 0.3) is 0 Å². The molecule has 0 radical (unpaired) electrons. The topological polar surface area (TPSA) is 97.1 Å². The van der Waals surface area contributed by atoms with Gasteiger partial charge in [-0.2, -0.15) is 0 Å². The maximum atomic E-state index is 12.1. The molecule has 1 atom stereocenters. The fourth-order valence-electron chi connectivity index (χ4n) is 2.73. The molecule has 0 unspecified atom stereocenters. The van der Waals surface area contributed by atoms with Gasteiger partial charge in [0.2, 0.25) is 23.6 Å². The highest BCUT2D eigenvalue weighted by atomic mass is 16.4. The number of nitrogens with one attached hydrogen (secondary N) is 2. The molecule has 25 heavy (non-hydrogen) atoms. The lowest BCUT2D eigenvalue weighted by molar-refractivity contribution is -0.128. The first-order valence-corrected chi connectivity index (χ1v) is 8.58. The largest absolute Gasteiger partial charge is 0.421 e. The molecule has 0 saturated carbocycles. The molecular weight excluding hydrogens is 320 g/mol. The van der Waals surface area contributed by atoms with Gasteiger partial charge >= 0.3 is 0 Å². The fourth-order valence-corrected chi connectivity index (χ4v) is 2.73. The van der Waals surface area contributed by atoms with Gasteiger partial charge in [0, 0.05) is 24.9 Å². The third-order valence-electron chi connectivity index (χ3n) is 4.20. The molecule has 0 bridgehead atoms. The molecule has 1 saturated heterocycles. The van der Waals surface area contributed by atoms with Crippen molar-refractivity contribution in [2.75, 3.05) is 6.54 Å². The summed E-state index contributed by atoms with van der Waals surface area (Å²) < 4.78 is 5.61. The molecular formula is C18H22N4O3. The summed E-state index contributed by atoms with van der Waals surface area (Å²) in [6, 6.07) is 7.35. The Bertz CT molecular complexity index is 739. The summed E-state index contributed by atoms with van der Waals surface area (Å²) in [4.78, 5) is 23.9. The normalized spacial score (nSPS) is 17.6. The van der Waals surface area contributed by atoms with Crippen LogP contribution in [-0.2, 0) is 16.0 Å². The Labute approximate surface area is 146 Å². The molecule has 7 heteroatoms. The van der Waals surface area contributed by atoms with E-state index in [2.05, 4.69) is 20.8 Å². The van der Waals surface area contributed by atoms with Crippen LogP contribution in [0.4, 0.5) is 0 Å². The number of amides is 2. The molecule has 132 valence electrons. The summed E-state index contributed by atoms with van der Waals surface area (Å²) in [6.45, 7) is 2.69. The molecule has 1 aromatic heterocycles. The molecule has 1 aliphatic heterocycles. The number of hydrogen-bond donors (Lipinski definition) is 2. The minimum absolute atomic E-state index is 0.106. The third-order valence-corrected chi connectivity index (χ3v) is 4.20. The van der Waals surface area contributed by atoms with Gasteiger partial charge in [0.15, 0.2) is 0 Å². The SMILES string of the molecule is Cc1ccc(-c2nnc(CCC(=O)N[C@@H]3CCCCNC3=O)o2)cc1. The maximum Gasteiger partial charge on any atom is 0.247 e. The van der Waals surface area contributed by atoms with Crippen LogP contribution in [0.3, 0.4) is 0 Å². The highest BCUT2D eigenvalue weighted by molar-refractivity contribution is 5.87. The Morgan fingerprint density at radius 3 is 2.88 bits per heavy atom. The fraction of sp³-hybridized carbons (Fsp3) is 0.444. The number of benzene rings is 1. The van der Waals surface area contributed by atoms with Gasteiger partial charge in [0.1, 0.15) is 6.04 Å².